The average molecular weight is 272 g/mol. The van der Waals surface area contributed by atoms with E-state index in [9.17, 15) is 0 Å². The molecule has 0 aliphatic rings. The highest BCUT2D eigenvalue weighted by molar-refractivity contribution is 7.99. The summed E-state index contributed by atoms with van der Waals surface area (Å²) >= 11 is 1.65. The van der Waals surface area contributed by atoms with Gasteiger partial charge >= 0.3 is 0 Å². The number of para-hydroxylation sites is 2. The Balaban J connectivity index is 2.19. The van der Waals surface area contributed by atoms with Crippen molar-refractivity contribution in [2.24, 2.45) is 7.05 Å². The van der Waals surface area contributed by atoms with Crippen LogP contribution in [-0.2, 0) is 7.05 Å². The summed E-state index contributed by atoms with van der Waals surface area (Å²) in [6, 6.07) is 8.21. The zero-order valence-corrected chi connectivity index (χ0v) is 11.4. The van der Waals surface area contributed by atoms with Gasteiger partial charge in [-0.1, -0.05) is 30.8 Å². The topological polar surface area (TPSA) is 52.4 Å². The highest BCUT2D eigenvalue weighted by Gasteiger charge is 2.17. The van der Waals surface area contributed by atoms with Crippen LogP contribution in [0.15, 0.2) is 29.4 Å². The normalized spacial score (nSPS) is 12.1. The number of fused-ring (bicyclic) bond motifs is 5. The lowest BCUT2D eigenvalue weighted by Crippen LogP contribution is -1.92. The van der Waals surface area contributed by atoms with Crippen LogP contribution in [0.2, 0.25) is 0 Å². The van der Waals surface area contributed by atoms with Crippen LogP contribution in [0.3, 0.4) is 0 Å². The largest absolute Gasteiger partial charge is 0.311 e. The first-order valence-electron chi connectivity index (χ1n) is 6.11. The Labute approximate surface area is 113 Å². The second kappa shape index (κ2) is 3.74. The smallest absolute Gasteiger partial charge is 0.260 e. The summed E-state index contributed by atoms with van der Waals surface area (Å²) in [5.41, 5.74) is 2.24. The Bertz CT molecular complexity index is 899. The van der Waals surface area contributed by atoms with Crippen molar-refractivity contribution in [2.45, 2.75) is 12.1 Å². The summed E-state index contributed by atoms with van der Waals surface area (Å²) in [5.74, 6) is 2.60. The van der Waals surface area contributed by atoms with Crippen LogP contribution in [0.25, 0.3) is 22.6 Å². The first kappa shape index (κ1) is 10.9. The van der Waals surface area contributed by atoms with E-state index in [0.717, 1.165) is 33.5 Å². The predicted molar refractivity (Wildman–Crippen MR) is 74.6 cm³/mol. The number of imidazole rings is 1. The molecule has 0 saturated carbocycles. The van der Waals surface area contributed by atoms with Gasteiger partial charge in [0.15, 0.2) is 0 Å². The van der Waals surface area contributed by atoms with Gasteiger partial charge in [-0.3, -0.25) is 0 Å². The Morgan fingerprint density at radius 3 is 2.68 bits per heavy atom. The number of rotatable bonds is 2. The molecule has 0 fully saturated rings. The average Bonchev–Trinajstić information content (AvgIpc) is 3.05. The number of nitrogens with zero attached hydrogens (tertiary/aromatic N) is 6. The van der Waals surface area contributed by atoms with E-state index < -0.39 is 0 Å². The molecule has 4 rings (SSSR count). The lowest BCUT2D eigenvalue weighted by atomic mass is 10.3. The summed E-state index contributed by atoms with van der Waals surface area (Å²) in [4.78, 5) is 0. The Morgan fingerprint density at radius 1 is 1.11 bits per heavy atom. The maximum absolute atomic E-state index is 4.63. The second-order valence-electron chi connectivity index (χ2n) is 4.31. The van der Waals surface area contributed by atoms with Gasteiger partial charge in [-0.15, -0.1) is 15.3 Å². The van der Waals surface area contributed by atoms with Crippen molar-refractivity contribution in [1.82, 2.24) is 28.8 Å². The lowest BCUT2D eigenvalue weighted by Gasteiger charge is -1.94. The molecule has 19 heavy (non-hydrogen) atoms. The third kappa shape index (κ3) is 1.30. The molecule has 0 aliphatic carbocycles. The maximum Gasteiger partial charge on any atom is 0.260 e. The van der Waals surface area contributed by atoms with E-state index in [2.05, 4.69) is 38.9 Å². The summed E-state index contributed by atoms with van der Waals surface area (Å²) in [7, 11) is 2.02. The highest BCUT2D eigenvalue weighted by Crippen LogP contribution is 2.23. The van der Waals surface area contributed by atoms with E-state index in [1.165, 1.54) is 0 Å². The van der Waals surface area contributed by atoms with Gasteiger partial charge in [0.05, 0.1) is 11.0 Å². The molecule has 0 bridgehead atoms. The van der Waals surface area contributed by atoms with Crippen LogP contribution in [0.4, 0.5) is 0 Å². The summed E-state index contributed by atoms with van der Waals surface area (Å²) < 4.78 is 5.93. The molecule has 3 aromatic heterocycles. The summed E-state index contributed by atoms with van der Waals surface area (Å²) in [6.45, 7) is 2.09. The Kier molecular flexibility index (Phi) is 2.14. The summed E-state index contributed by atoms with van der Waals surface area (Å²) in [6.07, 6.45) is 0. The van der Waals surface area contributed by atoms with Crippen LogP contribution in [0.1, 0.15) is 6.92 Å². The van der Waals surface area contributed by atoms with Crippen molar-refractivity contribution < 1.29 is 0 Å². The molecule has 6 nitrogen and oxygen atoms in total. The van der Waals surface area contributed by atoms with Gasteiger partial charge in [-0.2, -0.15) is 4.52 Å². The number of aryl methyl sites for hydroxylation is 1. The van der Waals surface area contributed by atoms with Crippen LogP contribution in [-0.4, -0.2) is 34.5 Å². The van der Waals surface area contributed by atoms with E-state index in [1.54, 1.807) is 11.8 Å². The van der Waals surface area contributed by atoms with E-state index >= 15 is 0 Å². The zero-order valence-electron chi connectivity index (χ0n) is 10.6. The molecular weight excluding hydrogens is 260 g/mol. The molecule has 0 saturated heterocycles. The van der Waals surface area contributed by atoms with E-state index in [4.69, 9.17) is 0 Å². The second-order valence-corrected chi connectivity index (χ2v) is 5.54. The quantitative estimate of drug-likeness (QED) is 0.524. The van der Waals surface area contributed by atoms with Gasteiger partial charge in [0.25, 0.3) is 5.78 Å². The first-order chi connectivity index (χ1) is 9.31. The van der Waals surface area contributed by atoms with Gasteiger partial charge in [0, 0.05) is 7.05 Å². The number of thioether (sulfide) groups is 1. The maximum atomic E-state index is 4.63. The van der Waals surface area contributed by atoms with E-state index in [0.29, 0.717) is 0 Å². The Hall–Kier alpha value is -2.02. The van der Waals surface area contributed by atoms with E-state index in [1.807, 2.05) is 28.1 Å². The fourth-order valence-corrected chi connectivity index (χ4v) is 3.01. The lowest BCUT2D eigenvalue weighted by molar-refractivity contribution is 0.816. The standard InChI is InChI=1S/C12H12N6S/c1-3-19-12-14-13-10-17-9-7-5-4-6-8(9)16(2)11(17)15-18(10)12/h4-7H,3H2,1-2H3. The van der Waals surface area contributed by atoms with Crippen molar-refractivity contribution in [2.75, 3.05) is 5.75 Å². The van der Waals surface area contributed by atoms with Crippen molar-refractivity contribution in [1.29, 1.82) is 0 Å². The number of hydrogen-bond acceptors (Lipinski definition) is 4. The zero-order chi connectivity index (χ0) is 13.0. The predicted octanol–water partition coefficient (Wildman–Crippen LogP) is 1.98. The third-order valence-corrected chi connectivity index (χ3v) is 4.04. The third-order valence-electron chi connectivity index (χ3n) is 3.24. The number of aromatic nitrogens is 6. The Morgan fingerprint density at radius 2 is 1.89 bits per heavy atom. The molecule has 4 aromatic rings. The molecule has 0 radical (unpaired) electrons. The number of hydrogen-bond donors (Lipinski definition) is 0. The van der Waals surface area contributed by atoms with Crippen molar-refractivity contribution in [3.8, 4) is 0 Å². The minimum absolute atomic E-state index is 0.766. The van der Waals surface area contributed by atoms with Gasteiger partial charge in [0.1, 0.15) is 0 Å². The molecule has 0 aliphatic heterocycles. The molecule has 0 unspecified atom stereocenters. The van der Waals surface area contributed by atoms with Crippen LogP contribution < -0.4 is 0 Å². The summed E-state index contributed by atoms with van der Waals surface area (Å²) in [5, 5.41) is 13.9. The highest BCUT2D eigenvalue weighted by atomic mass is 32.2. The molecule has 0 N–H and O–H groups in total. The fourth-order valence-electron chi connectivity index (χ4n) is 2.40. The first-order valence-corrected chi connectivity index (χ1v) is 7.10. The van der Waals surface area contributed by atoms with E-state index in [-0.39, 0.29) is 0 Å². The molecule has 1 aromatic carbocycles. The van der Waals surface area contributed by atoms with Crippen molar-refractivity contribution in [3.05, 3.63) is 24.3 Å². The fraction of sp³-hybridized carbons (Fsp3) is 0.250. The van der Waals surface area contributed by atoms with Gasteiger partial charge in [-0.25, -0.2) is 4.40 Å². The van der Waals surface area contributed by atoms with Gasteiger partial charge in [0.2, 0.25) is 10.9 Å². The monoisotopic (exact) mass is 272 g/mol. The SMILES string of the molecule is CCSc1nnc2n1nc1n(C)c3ccccc3n12. The molecule has 0 spiro atoms. The van der Waals surface area contributed by atoms with Crippen molar-refractivity contribution in [3.63, 3.8) is 0 Å². The van der Waals surface area contributed by atoms with Crippen molar-refractivity contribution >= 4 is 34.4 Å². The molecule has 0 amide bonds. The van der Waals surface area contributed by atoms with Crippen LogP contribution in [0, 0.1) is 0 Å². The van der Waals surface area contributed by atoms with Gasteiger partial charge in [-0.05, 0) is 17.9 Å². The van der Waals surface area contributed by atoms with Crippen LogP contribution >= 0.6 is 11.8 Å². The molecule has 0 atom stereocenters. The molecule has 7 heteroatoms. The molecule has 96 valence electrons. The minimum Gasteiger partial charge on any atom is -0.311 e. The number of benzene rings is 1. The van der Waals surface area contributed by atoms with Gasteiger partial charge < -0.3 is 4.57 Å². The van der Waals surface area contributed by atoms with Crippen LogP contribution in [0.5, 0.6) is 0 Å². The molecular formula is C12H12N6S. The molecule has 3 heterocycles. The minimum atomic E-state index is 0.766.